The van der Waals surface area contributed by atoms with Crippen LogP contribution < -0.4 is 5.32 Å². The summed E-state index contributed by atoms with van der Waals surface area (Å²) in [6, 6.07) is 10.5. The van der Waals surface area contributed by atoms with Crippen molar-refractivity contribution in [3.05, 3.63) is 35.9 Å². The van der Waals surface area contributed by atoms with E-state index >= 15 is 0 Å². The zero-order valence-corrected chi connectivity index (χ0v) is 14.7. The highest BCUT2D eigenvalue weighted by Gasteiger charge is 2.58. The predicted octanol–water partition coefficient (Wildman–Crippen LogP) is 3.00. The lowest BCUT2D eigenvalue weighted by Crippen LogP contribution is -2.65. The average Bonchev–Trinajstić information content (AvgIpc) is 2.53. The molecule has 0 radical (unpaired) electrons. The van der Waals surface area contributed by atoms with Gasteiger partial charge in [-0.1, -0.05) is 30.3 Å². The highest BCUT2D eigenvalue weighted by Crippen LogP contribution is 2.62. The monoisotopic (exact) mass is 342 g/mol. The summed E-state index contributed by atoms with van der Waals surface area (Å²) >= 11 is 0. The molecule has 1 aromatic carbocycles. The van der Waals surface area contributed by atoms with Crippen molar-refractivity contribution in [3.8, 4) is 0 Å². The lowest BCUT2D eigenvalue weighted by atomic mass is 9.45. The Labute approximate surface area is 148 Å². The maximum absolute atomic E-state index is 12.6. The Bertz CT molecular complexity index is 673. The van der Waals surface area contributed by atoms with Gasteiger partial charge in [-0.15, -0.1) is 0 Å². The van der Waals surface area contributed by atoms with Crippen LogP contribution >= 0.6 is 0 Å². The Kier molecular flexibility index (Phi) is 3.78. The van der Waals surface area contributed by atoms with E-state index in [0.29, 0.717) is 11.8 Å². The summed E-state index contributed by atoms with van der Waals surface area (Å²) < 4.78 is 0. The molecule has 4 saturated carbocycles. The molecule has 5 heteroatoms. The topological polar surface area (TPSA) is 69.6 Å². The van der Waals surface area contributed by atoms with Crippen LogP contribution in [0.15, 0.2) is 30.3 Å². The molecule has 5 rings (SSSR count). The summed E-state index contributed by atoms with van der Waals surface area (Å²) in [6.07, 6.45) is 6.75. The Balaban J connectivity index is 1.59. The second-order valence-corrected chi connectivity index (χ2v) is 8.57. The Morgan fingerprint density at radius 3 is 2.40 bits per heavy atom. The van der Waals surface area contributed by atoms with E-state index < -0.39 is 5.97 Å². The summed E-state index contributed by atoms with van der Waals surface area (Å²) in [7, 11) is 1.55. The molecule has 0 aliphatic heterocycles. The van der Waals surface area contributed by atoms with E-state index in [9.17, 15) is 9.59 Å². The SMILES string of the molecule is CN(CC(=O)O)C(=O)NC12C[C@H]3C[C@H](C1)CC(c1ccccc1)(C3)C2. The lowest BCUT2D eigenvalue weighted by molar-refractivity contribution is -0.137. The molecule has 4 aliphatic rings. The first-order valence-corrected chi connectivity index (χ1v) is 9.20. The number of hydrogen-bond acceptors (Lipinski definition) is 2. The van der Waals surface area contributed by atoms with E-state index in [0.717, 1.165) is 19.3 Å². The molecule has 4 aliphatic carbocycles. The molecule has 2 amide bonds. The van der Waals surface area contributed by atoms with Crippen molar-refractivity contribution < 1.29 is 14.7 Å². The molecule has 1 aromatic rings. The van der Waals surface area contributed by atoms with Gasteiger partial charge in [0, 0.05) is 12.6 Å². The van der Waals surface area contributed by atoms with E-state index in [1.54, 1.807) is 7.05 Å². The zero-order chi connectivity index (χ0) is 17.7. The number of carboxylic acid groups (broad SMARTS) is 1. The van der Waals surface area contributed by atoms with Gasteiger partial charge in [0.15, 0.2) is 0 Å². The largest absolute Gasteiger partial charge is 0.480 e. The van der Waals surface area contributed by atoms with Gasteiger partial charge in [0.2, 0.25) is 0 Å². The van der Waals surface area contributed by atoms with Crippen LogP contribution in [0.4, 0.5) is 4.79 Å². The first kappa shape index (κ1) is 16.4. The number of likely N-dealkylation sites (N-methyl/N-ethyl adjacent to an activating group) is 1. The molecular formula is C20H26N2O3. The van der Waals surface area contributed by atoms with Crippen molar-refractivity contribution in [1.29, 1.82) is 0 Å². The van der Waals surface area contributed by atoms with Gasteiger partial charge in [-0.25, -0.2) is 4.79 Å². The standard InChI is InChI=1S/C20H26N2O3/c1-22(12-17(23)24)18(25)21-20-10-14-7-15(11-20)9-19(8-14,13-20)16-5-3-2-4-6-16/h2-6,14-15H,7-13H2,1H3,(H,21,25)(H,23,24)/t14-,15-,19?,20?/m0/s1. The van der Waals surface area contributed by atoms with E-state index in [2.05, 4.69) is 35.6 Å². The maximum atomic E-state index is 12.6. The quantitative estimate of drug-likeness (QED) is 0.884. The van der Waals surface area contributed by atoms with Crippen molar-refractivity contribution in [3.63, 3.8) is 0 Å². The van der Waals surface area contributed by atoms with E-state index in [1.807, 2.05) is 0 Å². The normalized spacial score (nSPS) is 35.4. The number of aliphatic carboxylic acids is 1. The molecule has 134 valence electrons. The zero-order valence-electron chi connectivity index (χ0n) is 14.7. The molecule has 0 heterocycles. The van der Waals surface area contributed by atoms with Crippen LogP contribution in [0.25, 0.3) is 0 Å². The van der Waals surface area contributed by atoms with Crippen LogP contribution in [0.3, 0.4) is 0 Å². The summed E-state index contributed by atoms with van der Waals surface area (Å²) in [5.74, 6) is 0.335. The minimum atomic E-state index is -0.982. The third-order valence-corrected chi connectivity index (χ3v) is 6.54. The van der Waals surface area contributed by atoms with Crippen LogP contribution in [-0.4, -0.2) is 41.1 Å². The molecule has 0 aromatic heterocycles. The molecular weight excluding hydrogens is 316 g/mol. The first-order valence-electron chi connectivity index (χ1n) is 9.20. The molecule has 0 saturated heterocycles. The molecule has 4 bridgehead atoms. The molecule has 25 heavy (non-hydrogen) atoms. The van der Waals surface area contributed by atoms with Crippen LogP contribution in [0, 0.1) is 11.8 Å². The second-order valence-electron chi connectivity index (χ2n) is 8.57. The Hall–Kier alpha value is -2.04. The molecule has 2 N–H and O–H groups in total. The smallest absolute Gasteiger partial charge is 0.323 e. The number of nitrogens with zero attached hydrogens (tertiary/aromatic N) is 1. The summed E-state index contributed by atoms with van der Waals surface area (Å²) in [5, 5.41) is 12.2. The number of carbonyl (C=O) groups is 2. The van der Waals surface area contributed by atoms with Crippen LogP contribution in [0.5, 0.6) is 0 Å². The third-order valence-electron chi connectivity index (χ3n) is 6.54. The molecule has 0 spiro atoms. The van der Waals surface area contributed by atoms with Gasteiger partial charge in [0.05, 0.1) is 0 Å². The highest BCUT2D eigenvalue weighted by molar-refractivity contribution is 5.80. The fraction of sp³-hybridized carbons (Fsp3) is 0.600. The van der Waals surface area contributed by atoms with Crippen molar-refractivity contribution in [2.75, 3.05) is 13.6 Å². The third kappa shape index (κ3) is 2.90. The highest BCUT2D eigenvalue weighted by atomic mass is 16.4. The molecule has 5 nitrogen and oxygen atoms in total. The van der Waals surface area contributed by atoms with Crippen molar-refractivity contribution in [1.82, 2.24) is 10.2 Å². The molecule has 0 unspecified atom stereocenters. The molecule has 4 fully saturated rings. The van der Waals surface area contributed by atoms with Crippen molar-refractivity contribution in [2.24, 2.45) is 11.8 Å². The molecule has 2 atom stereocenters. The van der Waals surface area contributed by atoms with Gasteiger partial charge in [-0.05, 0) is 61.3 Å². The van der Waals surface area contributed by atoms with E-state index in [4.69, 9.17) is 5.11 Å². The number of carbonyl (C=O) groups excluding carboxylic acids is 1. The van der Waals surface area contributed by atoms with E-state index in [-0.39, 0.29) is 23.5 Å². The average molecular weight is 342 g/mol. The number of nitrogens with one attached hydrogen (secondary N) is 1. The van der Waals surface area contributed by atoms with Crippen LogP contribution in [0.1, 0.15) is 44.1 Å². The van der Waals surface area contributed by atoms with Crippen molar-refractivity contribution >= 4 is 12.0 Å². The number of amides is 2. The first-order chi connectivity index (χ1) is 11.9. The summed E-state index contributed by atoms with van der Waals surface area (Å²) in [5.41, 5.74) is 1.40. The van der Waals surface area contributed by atoms with Gasteiger partial charge in [0.25, 0.3) is 0 Å². The maximum Gasteiger partial charge on any atom is 0.323 e. The number of urea groups is 1. The van der Waals surface area contributed by atoms with Gasteiger partial charge in [-0.2, -0.15) is 0 Å². The Morgan fingerprint density at radius 2 is 1.80 bits per heavy atom. The van der Waals surface area contributed by atoms with Gasteiger partial charge in [0.1, 0.15) is 6.54 Å². The number of carboxylic acids is 1. The minimum absolute atomic E-state index is 0.171. The summed E-state index contributed by atoms with van der Waals surface area (Å²) in [4.78, 5) is 24.7. The van der Waals surface area contributed by atoms with Crippen molar-refractivity contribution in [2.45, 2.75) is 49.5 Å². The minimum Gasteiger partial charge on any atom is -0.480 e. The Morgan fingerprint density at radius 1 is 1.16 bits per heavy atom. The second kappa shape index (κ2) is 5.75. The van der Waals surface area contributed by atoms with Crippen LogP contribution in [0.2, 0.25) is 0 Å². The number of hydrogen-bond donors (Lipinski definition) is 2. The fourth-order valence-corrected chi connectivity index (χ4v) is 6.14. The fourth-order valence-electron chi connectivity index (χ4n) is 6.14. The number of rotatable bonds is 4. The predicted molar refractivity (Wildman–Crippen MR) is 94.3 cm³/mol. The van der Waals surface area contributed by atoms with Gasteiger partial charge >= 0.3 is 12.0 Å². The summed E-state index contributed by atoms with van der Waals surface area (Å²) in [6.45, 7) is -0.265. The number of benzene rings is 1. The van der Waals surface area contributed by atoms with E-state index in [1.165, 1.54) is 29.7 Å². The van der Waals surface area contributed by atoms with Gasteiger partial charge in [-0.3, -0.25) is 4.79 Å². The lowest BCUT2D eigenvalue weighted by Gasteiger charge is -2.62. The van der Waals surface area contributed by atoms with Gasteiger partial charge < -0.3 is 15.3 Å². The van der Waals surface area contributed by atoms with Crippen LogP contribution in [-0.2, 0) is 10.2 Å².